The molecule has 132 valence electrons. The molecule has 0 heterocycles. The summed E-state index contributed by atoms with van der Waals surface area (Å²) in [5.41, 5.74) is 11.7. The van der Waals surface area contributed by atoms with Crippen LogP contribution in [0.1, 0.15) is 57.8 Å². The van der Waals surface area contributed by atoms with E-state index in [2.05, 4.69) is 5.32 Å². The van der Waals surface area contributed by atoms with E-state index in [1.165, 1.54) is 19.3 Å². The highest BCUT2D eigenvalue weighted by molar-refractivity contribution is 5.85. The van der Waals surface area contributed by atoms with Gasteiger partial charge in [0, 0.05) is 23.9 Å². The second kappa shape index (κ2) is 7.84. The SMILES string of the molecule is Cl.NC(=O)C1CCC(NC(=O)C2CC3CCCC(C2)C3N)CC1. The Hall–Kier alpha value is -0.810. The van der Waals surface area contributed by atoms with Crippen molar-refractivity contribution in [2.75, 3.05) is 0 Å². The second-order valence-electron chi connectivity index (χ2n) is 7.66. The number of primary amides is 1. The van der Waals surface area contributed by atoms with Gasteiger partial charge in [0.25, 0.3) is 0 Å². The van der Waals surface area contributed by atoms with Crippen molar-refractivity contribution in [2.24, 2.45) is 35.1 Å². The highest BCUT2D eigenvalue weighted by atomic mass is 35.5. The predicted molar refractivity (Wildman–Crippen MR) is 91.9 cm³/mol. The fourth-order valence-electron chi connectivity index (χ4n) is 4.84. The number of nitrogens with one attached hydrogen (secondary N) is 1. The molecule has 3 saturated carbocycles. The molecule has 2 bridgehead atoms. The quantitative estimate of drug-likeness (QED) is 0.727. The van der Waals surface area contributed by atoms with Crippen molar-refractivity contribution >= 4 is 24.2 Å². The van der Waals surface area contributed by atoms with Gasteiger partial charge in [-0.2, -0.15) is 0 Å². The molecule has 6 heteroatoms. The summed E-state index contributed by atoms with van der Waals surface area (Å²) >= 11 is 0. The smallest absolute Gasteiger partial charge is 0.223 e. The van der Waals surface area contributed by atoms with E-state index in [1.54, 1.807) is 0 Å². The van der Waals surface area contributed by atoms with E-state index in [-0.39, 0.29) is 42.1 Å². The van der Waals surface area contributed by atoms with Crippen molar-refractivity contribution < 1.29 is 9.59 Å². The Balaban J connectivity index is 0.00000192. The normalized spacial score (nSPS) is 39.9. The third-order valence-corrected chi connectivity index (χ3v) is 6.26. The van der Waals surface area contributed by atoms with Crippen molar-refractivity contribution in [2.45, 2.75) is 69.9 Å². The van der Waals surface area contributed by atoms with E-state index in [4.69, 9.17) is 11.5 Å². The number of carbonyl (C=O) groups excluding carboxylic acids is 2. The minimum absolute atomic E-state index is 0. The second-order valence-corrected chi connectivity index (χ2v) is 7.66. The molecule has 0 saturated heterocycles. The molecule has 23 heavy (non-hydrogen) atoms. The molecule has 0 radical (unpaired) electrons. The highest BCUT2D eigenvalue weighted by Crippen LogP contribution is 2.42. The van der Waals surface area contributed by atoms with Crippen LogP contribution in [0.15, 0.2) is 0 Å². The maximum absolute atomic E-state index is 12.6. The summed E-state index contributed by atoms with van der Waals surface area (Å²) < 4.78 is 0. The van der Waals surface area contributed by atoms with Crippen molar-refractivity contribution in [3.05, 3.63) is 0 Å². The molecule has 2 amide bonds. The summed E-state index contributed by atoms with van der Waals surface area (Å²) in [4.78, 5) is 23.8. The van der Waals surface area contributed by atoms with Gasteiger partial charge < -0.3 is 16.8 Å². The Labute approximate surface area is 144 Å². The van der Waals surface area contributed by atoms with E-state index in [0.29, 0.717) is 17.9 Å². The molecule has 2 unspecified atom stereocenters. The number of amides is 2. The average Bonchev–Trinajstić information content (AvgIpc) is 2.47. The lowest BCUT2D eigenvalue weighted by Gasteiger charge is -2.44. The summed E-state index contributed by atoms with van der Waals surface area (Å²) in [7, 11) is 0. The largest absolute Gasteiger partial charge is 0.369 e. The molecule has 0 aliphatic heterocycles. The molecule has 5 nitrogen and oxygen atoms in total. The zero-order valence-electron chi connectivity index (χ0n) is 13.7. The van der Waals surface area contributed by atoms with E-state index in [9.17, 15) is 9.59 Å². The van der Waals surface area contributed by atoms with Crippen LogP contribution in [0.3, 0.4) is 0 Å². The van der Waals surface area contributed by atoms with Crippen LogP contribution in [0.25, 0.3) is 0 Å². The van der Waals surface area contributed by atoms with Gasteiger partial charge in [-0.05, 0) is 63.2 Å². The molecule has 2 atom stereocenters. The molecule has 3 aliphatic rings. The summed E-state index contributed by atoms with van der Waals surface area (Å²) in [6.45, 7) is 0. The number of fused-ring (bicyclic) bond motifs is 2. The van der Waals surface area contributed by atoms with Gasteiger partial charge in [0.05, 0.1) is 0 Å². The first-order chi connectivity index (χ1) is 10.5. The average molecular weight is 344 g/mol. The number of nitrogens with two attached hydrogens (primary N) is 2. The summed E-state index contributed by atoms with van der Waals surface area (Å²) in [6, 6.07) is 0.530. The lowest BCUT2D eigenvalue weighted by molar-refractivity contribution is -0.129. The molecular formula is C17H30ClN3O2. The predicted octanol–water partition coefficient (Wildman–Crippen LogP) is 1.72. The van der Waals surface area contributed by atoms with Gasteiger partial charge in [0.2, 0.25) is 11.8 Å². The van der Waals surface area contributed by atoms with Gasteiger partial charge in [0.15, 0.2) is 0 Å². The molecule has 0 aromatic rings. The molecule has 3 aliphatic carbocycles. The van der Waals surface area contributed by atoms with Crippen molar-refractivity contribution in [3.63, 3.8) is 0 Å². The van der Waals surface area contributed by atoms with Gasteiger partial charge in [-0.3, -0.25) is 9.59 Å². The van der Waals surface area contributed by atoms with Gasteiger partial charge in [-0.25, -0.2) is 0 Å². The lowest BCUT2D eigenvalue weighted by atomic mass is 9.65. The van der Waals surface area contributed by atoms with E-state index in [0.717, 1.165) is 38.5 Å². The van der Waals surface area contributed by atoms with Crippen molar-refractivity contribution in [1.29, 1.82) is 0 Å². The Morgan fingerprint density at radius 3 is 1.96 bits per heavy atom. The Morgan fingerprint density at radius 1 is 0.870 bits per heavy atom. The molecular weight excluding hydrogens is 314 g/mol. The van der Waals surface area contributed by atoms with Gasteiger partial charge in [-0.15, -0.1) is 12.4 Å². The number of rotatable bonds is 3. The van der Waals surface area contributed by atoms with Gasteiger partial charge >= 0.3 is 0 Å². The Morgan fingerprint density at radius 2 is 1.43 bits per heavy atom. The van der Waals surface area contributed by atoms with Crippen LogP contribution in [0.4, 0.5) is 0 Å². The minimum Gasteiger partial charge on any atom is -0.369 e. The third-order valence-electron chi connectivity index (χ3n) is 6.26. The minimum atomic E-state index is -0.195. The summed E-state index contributed by atoms with van der Waals surface area (Å²) in [5, 5.41) is 3.22. The number of hydrogen-bond donors (Lipinski definition) is 3. The third kappa shape index (κ3) is 4.18. The number of halogens is 1. The first-order valence-corrected chi connectivity index (χ1v) is 8.90. The summed E-state index contributed by atoms with van der Waals surface area (Å²) in [6.07, 6.45) is 8.92. The Kier molecular flexibility index (Phi) is 6.32. The fourth-order valence-corrected chi connectivity index (χ4v) is 4.84. The van der Waals surface area contributed by atoms with Gasteiger partial charge in [-0.1, -0.05) is 6.42 Å². The van der Waals surface area contributed by atoms with Crippen LogP contribution in [0, 0.1) is 23.7 Å². The first kappa shape index (κ1) is 18.5. The van der Waals surface area contributed by atoms with Crippen LogP contribution in [-0.2, 0) is 9.59 Å². The first-order valence-electron chi connectivity index (χ1n) is 8.90. The van der Waals surface area contributed by atoms with Crippen molar-refractivity contribution in [1.82, 2.24) is 5.32 Å². The molecule has 0 spiro atoms. The molecule has 0 aromatic carbocycles. The molecule has 0 aromatic heterocycles. The van der Waals surface area contributed by atoms with Crippen LogP contribution in [0.2, 0.25) is 0 Å². The monoisotopic (exact) mass is 343 g/mol. The van der Waals surface area contributed by atoms with Crippen LogP contribution < -0.4 is 16.8 Å². The molecule has 3 rings (SSSR count). The standard InChI is InChI=1S/C17H29N3O2.ClH/c18-15-11-2-1-3-12(15)9-13(8-11)17(22)20-14-6-4-10(5-7-14)16(19)21;/h10-15H,1-9,18H2,(H2,19,21)(H,20,22);1H. The maximum atomic E-state index is 12.6. The van der Waals surface area contributed by atoms with Crippen LogP contribution in [0.5, 0.6) is 0 Å². The molecule has 5 N–H and O–H groups in total. The van der Waals surface area contributed by atoms with E-state index < -0.39 is 0 Å². The zero-order valence-corrected chi connectivity index (χ0v) is 14.5. The van der Waals surface area contributed by atoms with E-state index in [1.807, 2.05) is 0 Å². The maximum Gasteiger partial charge on any atom is 0.223 e. The Bertz CT molecular complexity index is 424. The number of carbonyl (C=O) groups is 2. The number of hydrogen-bond acceptors (Lipinski definition) is 3. The van der Waals surface area contributed by atoms with Crippen molar-refractivity contribution in [3.8, 4) is 0 Å². The lowest BCUT2D eigenvalue weighted by Crippen LogP contribution is -2.50. The van der Waals surface area contributed by atoms with Gasteiger partial charge in [0.1, 0.15) is 0 Å². The fraction of sp³-hybridized carbons (Fsp3) is 0.882. The zero-order chi connectivity index (χ0) is 15.7. The van der Waals surface area contributed by atoms with Crippen LogP contribution in [-0.4, -0.2) is 23.9 Å². The molecule has 3 fully saturated rings. The van der Waals surface area contributed by atoms with Crippen LogP contribution >= 0.6 is 12.4 Å². The topological polar surface area (TPSA) is 98.2 Å². The summed E-state index contributed by atoms with van der Waals surface area (Å²) in [5.74, 6) is 1.23. The van der Waals surface area contributed by atoms with E-state index >= 15 is 0 Å². The highest BCUT2D eigenvalue weighted by Gasteiger charge is 2.41.